The van der Waals surface area contributed by atoms with E-state index in [-0.39, 0.29) is 16.7 Å². The van der Waals surface area contributed by atoms with Gasteiger partial charge in [0.2, 0.25) is 10.0 Å². The Balaban J connectivity index is 2.34. The number of ether oxygens (including phenoxy) is 1. The average molecular weight is 349 g/mol. The van der Waals surface area contributed by atoms with Gasteiger partial charge in [-0.25, -0.2) is 8.42 Å². The van der Waals surface area contributed by atoms with Crippen LogP contribution in [0.15, 0.2) is 27.6 Å². The summed E-state index contributed by atoms with van der Waals surface area (Å²) in [5.41, 5.74) is 6.06. The van der Waals surface area contributed by atoms with Gasteiger partial charge >= 0.3 is 0 Å². The Morgan fingerprint density at radius 3 is 2.95 bits per heavy atom. The van der Waals surface area contributed by atoms with E-state index in [0.29, 0.717) is 24.2 Å². The molecule has 2 rings (SSSR count). The second-order valence-electron chi connectivity index (χ2n) is 4.45. The SMILES string of the molecule is CCC1CN(S(=O)(=O)c2cc(Br)ccc2N)CCO1. The minimum atomic E-state index is -3.56. The van der Waals surface area contributed by atoms with Crippen LogP contribution in [0, 0.1) is 0 Å². The van der Waals surface area contributed by atoms with Crippen LogP contribution in [-0.2, 0) is 14.8 Å². The molecular formula is C12H17BrN2O3S. The Morgan fingerprint density at radius 2 is 2.26 bits per heavy atom. The molecule has 19 heavy (non-hydrogen) atoms. The number of nitrogens with zero attached hydrogens (tertiary/aromatic N) is 1. The molecule has 1 aromatic rings. The molecule has 5 nitrogen and oxygen atoms in total. The Bertz CT molecular complexity index is 562. The van der Waals surface area contributed by atoms with Crippen LogP contribution < -0.4 is 5.73 Å². The summed E-state index contributed by atoms with van der Waals surface area (Å²) in [4.78, 5) is 0.152. The summed E-state index contributed by atoms with van der Waals surface area (Å²) in [6.45, 7) is 3.15. The zero-order chi connectivity index (χ0) is 14.0. The van der Waals surface area contributed by atoms with Crippen molar-refractivity contribution in [3.8, 4) is 0 Å². The van der Waals surface area contributed by atoms with E-state index in [1.54, 1.807) is 18.2 Å². The lowest BCUT2D eigenvalue weighted by Gasteiger charge is -2.31. The lowest BCUT2D eigenvalue weighted by Crippen LogP contribution is -2.45. The van der Waals surface area contributed by atoms with E-state index >= 15 is 0 Å². The number of anilines is 1. The molecule has 1 aliphatic heterocycles. The smallest absolute Gasteiger partial charge is 0.245 e. The van der Waals surface area contributed by atoms with E-state index in [9.17, 15) is 8.42 Å². The number of sulfonamides is 1. The van der Waals surface area contributed by atoms with Crippen molar-refractivity contribution in [2.75, 3.05) is 25.4 Å². The van der Waals surface area contributed by atoms with Gasteiger partial charge in [0.1, 0.15) is 4.90 Å². The second-order valence-corrected chi connectivity index (χ2v) is 7.27. The first-order valence-corrected chi connectivity index (χ1v) is 8.35. The first-order valence-electron chi connectivity index (χ1n) is 6.12. The third kappa shape index (κ3) is 3.10. The van der Waals surface area contributed by atoms with Gasteiger partial charge in [0, 0.05) is 17.6 Å². The molecule has 1 atom stereocenters. The molecule has 1 aromatic carbocycles. The predicted molar refractivity (Wildman–Crippen MR) is 77.3 cm³/mol. The lowest BCUT2D eigenvalue weighted by atomic mass is 10.2. The first kappa shape index (κ1) is 14.8. The summed E-state index contributed by atoms with van der Waals surface area (Å²) in [6.07, 6.45) is 0.747. The molecule has 0 aromatic heterocycles. The highest BCUT2D eigenvalue weighted by atomic mass is 79.9. The van der Waals surface area contributed by atoms with Gasteiger partial charge < -0.3 is 10.5 Å². The number of hydrogen-bond donors (Lipinski definition) is 1. The first-order chi connectivity index (χ1) is 8.95. The van der Waals surface area contributed by atoms with E-state index in [0.717, 1.165) is 6.42 Å². The molecule has 1 aliphatic rings. The van der Waals surface area contributed by atoms with E-state index in [1.807, 2.05) is 6.92 Å². The monoisotopic (exact) mass is 348 g/mol. The number of nitrogen functional groups attached to an aromatic ring is 1. The summed E-state index contributed by atoms with van der Waals surface area (Å²) in [5.74, 6) is 0. The van der Waals surface area contributed by atoms with Crippen molar-refractivity contribution in [2.45, 2.75) is 24.3 Å². The number of hydrogen-bond acceptors (Lipinski definition) is 4. The summed E-state index contributed by atoms with van der Waals surface area (Å²) < 4.78 is 32.8. The molecule has 1 heterocycles. The van der Waals surface area contributed by atoms with Gasteiger partial charge in [-0.2, -0.15) is 4.31 Å². The van der Waals surface area contributed by atoms with Crippen molar-refractivity contribution in [2.24, 2.45) is 0 Å². The minimum absolute atomic E-state index is 0.0445. The van der Waals surface area contributed by atoms with Crippen LogP contribution in [0.4, 0.5) is 5.69 Å². The molecule has 0 saturated carbocycles. The molecule has 7 heteroatoms. The van der Waals surface area contributed by atoms with Crippen LogP contribution in [0.25, 0.3) is 0 Å². The standard InChI is InChI=1S/C12H17BrN2O3S/c1-2-10-8-15(5-6-18-10)19(16,17)12-7-9(13)3-4-11(12)14/h3-4,7,10H,2,5-6,8,14H2,1H3. The molecule has 106 valence electrons. The quantitative estimate of drug-likeness (QED) is 0.845. The highest BCUT2D eigenvalue weighted by Crippen LogP contribution is 2.27. The Morgan fingerprint density at radius 1 is 1.53 bits per heavy atom. The average Bonchev–Trinajstić information content (AvgIpc) is 2.41. The summed E-state index contributed by atoms with van der Waals surface area (Å²) in [7, 11) is -3.56. The molecule has 0 radical (unpaired) electrons. The van der Waals surface area contributed by atoms with Crippen LogP contribution in [0.5, 0.6) is 0 Å². The Hall–Kier alpha value is -0.630. The molecule has 0 bridgehead atoms. The van der Waals surface area contributed by atoms with Gasteiger partial charge in [-0.15, -0.1) is 0 Å². The van der Waals surface area contributed by atoms with Gasteiger partial charge in [0.25, 0.3) is 0 Å². The van der Waals surface area contributed by atoms with Crippen LogP contribution in [0.2, 0.25) is 0 Å². The number of nitrogens with two attached hydrogens (primary N) is 1. The van der Waals surface area contributed by atoms with E-state index in [2.05, 4.69) is 15.9 Å². The van der Waals surface area contributed by atoms with Crippen molar-refractivity contribution in [1.82, 2.24) is 4.31 Å². The highest BCUT2D eigenvalue weighted by Gasteiger charge is 2.31. The largest absolute Gasteiger partial charge is 0.398 e. The van der Waals surface area contributed by atoms with Crippen molar-refractivity contribution >= 4 is 31.6 Å². The zero-order valence-electron chi connectivity index (χ0n) is 10.7. The third-order valence-electron chi connectivity index (χ3n) is 3.15. The Labute approximate surface area is 121 Å². The summed E-state index contributed by atoms with van der Waals surface area (Å²) >= 11 is 3.28. The van der Waals surface area contributed by atoms with Crippen molar-refractivity contribution in [3.63, 3.8) is 0 Å². The normalized spacial score (nSPS) is 21.5. The van der Waals surface area contributed by atoms with Gasteiger partial charge in [0.05, 0.1) is 18.4 Å². The van der Waals surface area contributed by atoms with E-state index in [1.165, 1.54) is 4.31 Å². The fourth-order valence-electron chi connectivity index (χ4n) is 2.03. The zero-order valence-corrected chi connectivity index (χ0v) is 13.1. The van der Waals surface area contributed by atoms with Gasteiger partial charge in [0.15, 0.2) is 0 Å². The molecule has 1 unspecified atom stereocenters. The molecule has 0 spiro atoms. The van der Waals surface area contributed by atoms with E-state index in [4.69, 9.17) is 10.5 Å². The van der Waals surface area contributed by atoms with E-state index < -0.39 is 10.0 Å². The number of morpholine rings is 1. The lowest BCUT2D eigenvalue weighted by molar-refractivity contribution is -0.00276. The fraction of sp³-hybridized carbons (Fsp3) is 0.500. The minimum Gasteiger partial charge on any atom is -0.398 e. The van der Waals surface area contributed by atoms with Gasteiger partial charge in [-0.05, 0) is 24.6 Å². The van der Waals surface area contributed by atoms with Crippen molar-refractivity contribution in [3.05, 3.63) is 22.7 Å². The predicted octanol–water partition coefficient (Wildman–Crippen LogP) is 1.83. The van der Waals surface area contributed by atoms with Crippen molar-refractivity contribution < 1.29 is 13.2 Å². The number of halogens is 1. The summed E-state index contributed by atoms with van der Waals surface area (Å²) in [6, 6.07) is 4.86. The number of rotatable bonds is 3. The molecule has 1 saturated heterocycles. The summed E-state index contributed by atoms with van der Waals surface area (Å²) in [5, 5.41) is 0. The van der Waals surface area contributed by atoms with Crippen LogP contribution in [0.3, 0.4) is 0 Å². The molecule has 0 amide bonds. The number of benzene rings is 1. The molecular weight excluding hydrogens is 332 g/mol. The van der Waals surface area contributed by atoms with Gasteiger partial charge in [-0.1, -0.05) is 22.9 Å². The highest BCUT2D eigenvalue weighted by molar-refractivity contribution is 9.10. The maximum atomic E-state index is 12.6. The maximum Gasteiger partial charge on any atom is 0.245 e. The molecule has 2 N–H and O–H groups in total. The third-order valence-corrected chi connectivity index (χ3v) is 5.56. The van der Waals surface area contributed by atoms with Crippen LogP contribution in [-0.4, -0.2) is 38.5 Å². The van der Waals surface area contributed by atoms with Crippen molar-refractivity contribution in [1.29, 1.82) is 0 Å². The topological polar surface area (TPSA) is 72.6 Å². The second kappa shape index (κ2) is 5.78. The van der Waals surface area contributed by atoms with Crippen LogP contribution >= 0.6 is 15.9 Å². The fourth-order valence-corrected chi connectivity index (χ4v) is 4.14. The Kier molecular flexibility index (Phi) is 4.50. The van der Waals surface area contributed by atoms with Crippen LogP contribution in [0.1, 0.15) is 13.3 Å². The molecule has 0 aliphatic carbocycles. The molecule has 1 fully saturated rings. The van der Waals surface area contributed by atoms with Gasteiger partial charge in [-0.3, -0.25) is 0 Å². The maximum absolute atomic E-state index is 12.6.